The summed E-state index contributed by atoms with van der Waals surface area (Å²) in [6, 6.07) is 2.62. The first-order valence-electron chi connectivity index (χ1n) is 14.1. The minimum atomic E-state index is 0.471. The van der Waals surface area contributed by atoms with Crippen LogP contribution in [0.15, 0.2) is 0 Å². The van der Waals surface area contributed by atoms with Gasteiger partial charge in [0.1, 0.15) is 0 Å². The first-order chi connectivity index (χ1) is 15.1. The van der Waals surface area contributed by atoms with Crippen molar-refractivity contribution < 1.29 is 0 Å². The molecule has 0 aromatic heterocycles. The zero-order valence-electron chi connectivity index (χ0n) is 20.0. The summed E-state index contributed by atoms with van der Waals surface area (Å²) in [5, 5.41) is 0. The highest BCUT2D eigenvalue weighted by molar-refractivity contribution is 5.06. The molecule has 0 radical (unpaired) electrons. The van der Waals surface area contributed by atoms with E-state index in [9.17, 15) is 0 Å². The highest BCUT2D eigenvalue weighted by Crippen LogP contribution is 2.54. The molecule has 0 spiro atoms. The van der Waals surface area contributed by atoms with Crippen molar-refractivity contribution in [1.29, 1.82) is 0 Å². The molecular formula is C27H50N4. The van der Waals surface area contributed by atoms with Crippen molar-refractivity contribution >= 4 is 0 Å². The first kappa shape index (κ1) is 22.6. The van der Waals surface area contributed by atoms with Gasteiger partial charge in [-0.3, -0.25) is 4.90 Å². The lowest BCUT2D eigenvalue weighted by molar-refractivity contribution is 0.0724. The van der Waals surface area contributed by atoms with E-state index in [1.54, 1.807) is 0 Å². The van der Waals surface area contributed by atoms with E-state index in [0.717, 1.165) is 54.1 Å². The summed E-state index contributed by atoms with van der Waals surface area (Å²) in [5.41, 5.74) is 18.8. The fourth-order valence-corrected chi connectivity index (χ4v) is 9.26. The molecule has 5 rings (SSSR count). The lowest BCUT2D eigenvalue weighted by Crippen LogP contribution is -2.45. The van der Waals surface area contributed by atoms with Crippen molar-refractivity contribution in [3.63, 3.8) is 0 Å². The fourth-order valence-electron chi connectivity index (χ4n) is 9.26. The zero-order valence-corrected chi connectivity index (χ0v) is 20.0. The second-order valence-corrected chi connectivity index (χ2v) is 12.4. The number of rotatable bonds is 5. The standard InChI is InChI=1S/C27H50N4/c28-12-3-13-31-26-16-20(18-4-1-6-22(29)14-18)8-10-24(26)25-11-9-21(17-27(25)31)19-5-2-7-23(30)15-19/h18-27H,1-17,28-30H2. The second kappa shape index (κ2) is 9.99. The Hall–Kier alpha value is -0.160. The lowest BCUT2D eigenvalue weighted by atomic mass is 9.63. The average molecular weight is 431 g/mol. The van der Waals surface area contributed by atoms with Crippen LogP contribution in [-0.2, 0) is 0 Å². The molecule has 5 fully saturated rings. The van der Waals surface area contributed by atoms with Crippen molar-refractivity contribution in [1.82, 2.24) is 4.90 Å². The maximum atomic E-state index is 6.39. The molecule has 4 nitrogen and oxygen atoms in total. The predicted octanol–water partition coefficient (Wildman–Crippen LogP) is 4.26. The first-order valence-corrected chi connectivity index (χ1v) is 14.1. The summed E-state index contributed by atoms with van der Waals surface area (Å²) < 4.78 is 0. The van der Waals surface area contributed by atoms with Gasteiger partial charge in [0, 0.05) is 24.2 Å². The molecule has 10 atom stereocenters. The van der Waals surface area contributed by atoms with E-state index < -0.39 is 0 Å². The fraction of sp³-hybridized carbons (Fsp3) is 1.00. The summed E-state index contributed by atoms with van der Waals surface area (Å²) in [6.45, 7) is 2.08. The average Bonchev–Trinajstić information content (AvgIpc) is 3.09. The Labute approximate surface area is 191 Å². The Bertz CT molecular complexity index is 536. The summed E-state index contributed by atoms with van der Waals surface area (Å²) in [7, 11) is 0. The topological polar surface area (TPSA) is 81.3 Å². The van der Waals surface area contributed by atoms with E-state index in [0.29, 0.717) is 12.1 Å². The largest absolute Gasteiger partial charge is 0.330 e. The third kappa shape index (κ3) is 4.74. The van der Waals surface area contributed by atoms with E-state index in [2.05, 4.69) is 4.90 Å². The van der Waals surface area contributed by atoms with Gasteiger partial charge in [0.15, 0.2) is 0 Å². The maximum Gasteiger partial charge on any atom is 0.0132 e. The minimum absolute atomic E-state index is 0.471. The molecule has 178 valence electrons. The molecule has 10 unspecified atom stereocenters. The van der Waals surface area contributed by atoms with Crippen LogP contribution >= 0.6 is 0 Å². The molecule has 1 aliphatic heterocycles. The van der Waals surface area contributed by atoms with Gasteiger partial charge in [-0.1, -0.05) is 25.7 Å². The summed E-state index contributed by atoms with van der Waals surface area (Å²) in [5.74, 6) is 5.59. The summed E-state index contributed by atoms with van der Waals surface area (Å²) in [4.78, 5) is 3.02. The van der Waals surface area contributed by atoms with Crippen LogP contribution in [0.25, 0.3) is 0 Å². The lowest BCUT2D eigenvalue weighted by Gasteiger charge is -2.42. The molecule has 0 bridgehead atoms. The smallest absolute Gasteiger partial charge is 0.0132 e. The van der Waals surface area contributed by atoms with Crippen LogP contribution in [0.1, 0.15) is 96.3 Å². The molecule has 5 aliphatic rings. The second-order valence-electron chi connectivity index (χ2n) is 12.4. The molecule has 6 N–H and O–H groups in total. The molecule has 4 aliphatic carbocycles. The van der Waals surface area contributed by atoms with E-state index in [1.165, 1.54) is 103 Å². The van der Waals surface area contributed by atoms with Crippen LogP contribution in [0.4, 0.5) is 0 Å². The predicted molar refractivity (Wildman–Crippen MR) is 129 cm³/mol. The zero-order chi connectivity index (χ0) is 21.4. The number of nitrogens with zero attached hydrogens (tertiary/aromatic N) is 1. The van der Waals surface area contributed by atoms with Gasteiger partial charge in [0.25, 0.3) is 0 Å². The van der Waals surface area contributed by atoms with Crippen molar-refractivity contribution in [2.75, 3.05) is 13.1 Å². The van der Waals surface area contributed by atoms with Crippen LogP contribution < -0.4 is 17.2 Å². The van der Waals surface area contributed by atoms with Gasteiger partial charge < -0.3 is 17.2 Å². The quantitative estimate of drug-likeness (QED) is 0.609. The van der Waals surface area contributed by atoms with E-state index in [-0.39, 0.29) is 0 Å². The van der Waals surface area contributed by atoms with Gasteiger partial charge in [-0.2, -0.15) is 0 Å². The summed E-state index contributed by atoms with van der Waals surface area (Å²) >= 11 is 0. The highest BCUT2D eigenvalue weighted by Gasteiger charge is 2.53. The summed E-state index contributed by atoms with van der Waals surface area (Å²) in [6.07, 6.45) is 20.7. The molecule has 4 heteroatoms. The molecule has 31 heavy (non-hydrogen) atoms. The number of fused-ring (bicyclic) bond motifs is 3. The van der Waals surface area contributed by atoms with E-state index in [1.807, 2.05) is 0 Å². The van der Waals surface area contributed by atoms with Gasteiger partial charge in [0.05, 0.1) is 0 Å². The van der Waals surface area contributed by atoms with Gasteiger partial charge in [-0.15, -0.1) is 0 Å². The molecule has 0 aromatic carbocycles. The van der Waals surface area contributed by atoms with Crippen LogP contribution in [-0.4, -0.2) is 42.2 Å². The molecule has 1 saturated heterocycles. The third-order valence-electron chi connectivity index (χ3n) is 10.7. The Balaban J connectivity index is 1.28. The Kier molecular flexibility index (Phi) is 7.29. The third-order valence-corrected chi connectivity index (χ3v) is 10.7. The number of nitrogens with two attached hydrogens (primary N) is 3. The number of hydrogen-bond donors (Lipinski definition) is 3. The van der Waals surface area contributed by atoms with E-state index >= 15 is 0 Å². The van der Waals surface area contributed by atoms with Gasteiger partial charge in [0.2, 0.25) is 0 Å². The van der Waals surface area contributed by atoms with Crippen LogP contribution in [0.3, 0.4) is 0 Å². The van der Waals surface area contributed by atoms with Crippen molar-refractivity contribution in [3.05, 3.63) is 0 Å². The molecular weight excluding hydrogens is 380 g/mol. The van der Waals surface area contributed by atoms with Crippen molar-refractivity contribution in [2.45, 2.75) is 120 Å². The maximum absolute atomic E-state index is 6.39. The SMILES string of the molecule is NCCCN1C2CC(C3CCCC(N)C3)CCC2C2CCC(C3CCCC(N)C3)CC21. The molecule has 4 saturated carbocycles. The van der Waals surface area contributed by atoms with Crippen molar-refractivity contribution in [2.24, 2.45) is 52.7 Å². The van der Waals surface area contributed by atoms with E-state index in [4.69, 9.17) is 17.2 Å². The number of hydrogen-bond acceptors (Lipinski definition) is 4. The number of likely N-dealkylation sites (tertiary alicyclic amines) is 1. The minimum Gasteiger partial charge on any atom is -0.330 e. The van der Waals surface area contributed by atoms with Gasteiger partial charge in [-0.05, 0) is 119 Å². The highest BCUT2D eigenvalue weighted by atomic mass is 15.2. The Morgan fingerprint density at radius 3 is 1.52 bits per heavy atom. The molecule has 0 amide bonds. The Morgan fingerprint density at radius 2 is 1.06 bits per heavy atom. The Morgan fingerprint density at radius 1 is 0.581 bits per heavy atom. The molecule has 0 aromatic rings. The molecule has 1 heterocycles. The normalized spacial score (nSPS) is 48.9. The van der Waals surface area contributed by atoms with Crippen molar-refractivity contribution in [3.8, 4) is 0 Å². The monoisotopic (exact) mass is 430 g/mol. The van der Waals surface area contributed by atoms with Crippen LogP contribution in [0.2, 0.25) is 0 Å². The van der Waals surface area contributed by atoms with Crippen LogP contribution in [0, 0.1) is 35.5 Å². The van der Waals surface area contributed by atoms with Gasteiger partial charge in [-0.25, -0.2) is 0 Å². The van der Waals surface area contributed by atoms with Gasteiger partial charge >= 0.3 is 0 Å². The van der Waals surface area contributed by atoms with Crippen LogP contribution in [0.5, 0.6) is 0 Å².